The summed E-state index contributed by atoms with van der Waals surface area (Å²) in [5.41, 5.74) is 5.50. The van der Waals surface area contributed by atoms with Crippen LogP contribution in [0.2, 0.25) is 0 Å². The molecular formula is C46H60N2O4. The largest absolute Gasteiger partial charge is 0.494 e. The summed E-state index contributed by atoms with van der Waals surface area (Å²) < 4.78 is 17.9. The quantitative estimate of drug-likeness (QED) is 0.0985. The molecule has 0 unspecified atom stereocenters. The zero-order valence-electron chi connectivity index (χ0n) is 32.4. The van der Waals surface area contributed by atoms with Gasteiger partial charge in [0, 0.05) is 30.1 Å². The summed E-state index contributed by atoms with van der Waals surface area (Å²) in [4.78, 5) is 14.4. The number of unbranched alkanes of at least 4 members (excludes halogenated alkanes) is 1. The van der Waals surface area contributed by atoms with Gasteiger partial charge in [0.2, 0.25) is 0 Å². The molecule has 4 aromatic rings. The topological polar surface area (TPSA) is 60.0 Å². The maximum atomic E-state index is 11.9. The van der Waals surface area contributed by atoms with Gasteiger partial charge < -0.3 is 19.5 Å². The van der Waals surface area contributed by atoms with Crippen LogP contribution in [0.4, 0.5) is 4.79 Å². The van der Waals surface area contributed by atoms with Crippen molar-refractivity contribution in [3.05, 3.63) is 137 Å². The molecule has 0 aliphatic carbocycles. The van der Waals surface area contributed by atoms with Crippen molar-refractivity contribution in [1.82, 2.24) is 10.2 Å². The Morgan fingerprint density at radius 3 is 2.13 bits per heavy atom. The average molecular weight is 705 g/mol. The fraction of sp³-hybridized carbons (Fsp3) is 0.413. The number of nitrogens with zero attached hydrogens (tertiary/aromatic N) is 1. The Morgan fingerprint density at radius 1 is 0.808 bits per heavy atom. The van der Waals surface area contributed by atoms with E-state index in [9.17, 15) is 4.79 Å². The molecule has 52 heavy (non-hydrogen) atoms. The highest BCUT2D eigenvalue weighted by Crippen LogP contribution is 2.36. The molecule has 0 aromatic heterocycles. The van der Waals surface area contributed by atoms with E-state index in [4.69, 9.17) is 14.2 Å². The first-order chi connectivity index (χ1) is 25.0. The number of amides is 1. The lowest BCUT2D eigenvalue weighted by molar-refractivity contribution is 0.0528. The maximum absolute atomic E-state index is 11.9. The van der Waals surface area contributed by atoms with E-state index in [-0.39, 0.29) is 5.92 Å². The summed E-state index contributed by atoms with van der Waals surface area (Å²) in [5.74, 6) is 1.99. The average Bonchev–Trinajstić information content (AvgIpc) is 3.11. The highest BCUT2D eigenvalue weighted by Gasteiger charge is 2.22. The van der Waals surface area contributed by atoms with Crippen molar-refractivity contribution >= 4 is 12.2 Å². The van der Waals surface area contributed by atoms with Crippen LogP contribution in [-0.4, -0.2) is 48.4 Å². The highest BCUT2D eigenvalue weighted by atomic mass is 16.6. The Bertz CT molecular complexity index is 1640. The molecule has 4 aromatic carbocycles. The summed E-state index contributed by atoms with van der Waals surface area (Å²) in [6.07, 6.45) is 7.62. The molecule has 0 saturated heterocycles. The van der Waals surface area contributed by atoms with Gasteiger partial charge in [0.25, 0.3) is 0 Å². The smallest absolute Gasteiger partial charge is 0.407 e. The Hall–Kier alpha value is -4.55. The van der Waals surface area contributed by atoms with Gasteiger partial charge in [-0.25, -0.2) is 4.79 Å². The van der Waals surface area contributed by atoms with Crippen molar-refractivity contribution in [2.75, 3.05) is 19.7 Å². The van der Waals surface area contributed by atoms with Gasteiger partial charge in [0.05, 0.1) is 6.61 Å². The monoisotopic (exact) mass is 704 g/mol. The second kappa shape index (κ2) is 20.5. The number of carbonyl (C=O) groups excluding carboxylic acids is 1. The lowest BCUT2D eigenvalue weighted by Crippen LogP contribution is -2.38. The van der Waals surface area contributed by atoms with Crippen LogP contribution in [0.3, 0.4) is 0 Å². The summed E-state index contributed by atoms with van der Waals surface area (Å²) in [6, 6.07) is 36.9. The lowest BCUT2D eigenvalue weighted by Gasteiger charge is -2.32. The fourth-order valence-corrected chi connectivity index (χ4v) is 6.37. The van der Waals surface area contributed by atoms with Gasteiger partial charge in [0.1, 0.15) is 23.7 Å². The molecule has 0 aliphatic heterocycles. The highest BCUT2D eigenvalue weighted by molar-refractivity contribution is 5.67. The molecule has 1 amide bonds. The van der Waals surface area contributed by atoms with Crippen molar-refractivity contribution in [3.63, 3.8) is 0 Å². The number of ether oxygens (including phenoxy) is 3. The zero-order valence-corrected chi connectivity index (χ0v) is 32.4. The SMILES string of the molecule is CC(C)N(CC[C@H](c1ccccc1)c1cc(C=CCCCOc2ccc(CCNC(=O)OC(C)(C)C)cc2)ccc1OCc1ccccc1)C(C)C. The number of rotatable bonds is 19. The Labute approximate surface area is 313 Å². The van der Waals surface area contributed by atoms with Crippen LogP contribution in [0.15, 0.2) is 109 Å². The number of benzene rings is 4. The van der Waals surface area contributed by atoms with Gasteiger partial charge in [-0.05, 0) is 127 Å². The van der Waals surface area contributed by atoms with Gasteiger partial charge >= 0.3 is 6.09 Å². The number of allylic oxidation sites excluding steroid dienone is 1. The second-order valence-corrected chi connectivity index (χ2v) is 15.0. The third kappa shape index (κ3) is 13.9. The van der Waals surface area contributed by atoms with Crippen LogP contribution in [0, 0.1) is 0 Å². The third-order valence-corrected chi connectivity index (χ3v) is 8.95. The van der Waals surface area contributed by atoms with E-state index < -0.39 is 11.7 Å². The minimum absolute atomic E-state index is 0.196. The number of hydrogen-bond acceptors (Lipinski definition) is 5. The van der Waals surface area contributed by atoms with Gasteiger partial charge in [-0.1, -0.05) is 91.0 Å². The predicted molar refractivity (Wildman–Crippen MR) is 215 cm³/mol. The van der Waals surface area contributed by atoms with Gasteiger partial charge in [-0.2, -0.15) is 0 Å². The van der Waals surface area contributed by atoms with E-state index in [0.29, 0.717) is 31.8 Å². The second-order valence-electron chi connectivity index (χ2n) is 15.0. The summed E-state index contributed by atoms with van der Waals surface area (Å²) in [7, 11) is 0. The summed E-state index contributed by atoms with van der Waals surface area (Å²) in [5, 5.41) is 2.81. The standard InChI is InChI=1S/C46H60N2O4/c1-35(2)48(36(3)4)31-29-42(40-20-14-9-15-21-40)43-33-38(24-27-44(43)51-34-39-18-11-8-12-19-39)17-13-10-16-32-50-41-25-22-37(23-26-41)28-30-47-45(49)52-46(5,6)7/h8-9,11-15,17-27,33,35-36,42H,10,16,28-32,34H2,1-7H3,(H,47,49)/t42-/m1/s1. The van der Waals surface area contributed by atoms with E-state index in [2.05, 4.69) is 123 Å². The molecule has 1 atom stereocenters. The molecule has 0 fully saturated rings. The number of carbonyl (C=O) groups is 1. The molecule has 1 N–H and O–H groups in total. The van der Waals surface area contributed by atoms with Gasteiger partial charge in [-0.3, -0.25) is 4.90 Å². The van der Waals surface area contributed by atoms with E-state index >= 15 is 0 Å². The Kier molecular flexibility index (Phi) is 15.8. The summed E-state index contributed by atoms with van der Waals surface area (Å²) in [6.45, 7) is 17.4. The third-order valence-electron chi connectivity index (χ3n) is 8.95. The Balaban J connectivity index is 1.38. The number of alkyl carbamates (subject to hydrolysis) is 1. The predicted octanol–water partition coefficient (Wildman–Crippen LogP) is 10.8. The molecule has 0 spiro atoms. The van der Waals surface area contributed by atoms with Crippen LogP contribution < -0.4 is 14.8 Å². The van der Waals surface area contributed by atoms with Crippen molar-refractivity contribution in [1.29, 1.82) is 0 Å². The Morgan fingerprint density at radius 2 is 1.48 bits per heavy atom. The fourth-order valence-electron chi connectivity index (χ4n) is 6.37. The molecule has 0 saturated carbocycles. The first kappa shape index (κ1) is 40.2. The van der Waals surface area contributed by atoms with Crippen LogP contribution in [-0.2, 0) is 17.8 Å². The zero-order chi connectivity index (χ0) is 37.3. The molecule has 6 nitrogen and oxygen atoms in total. The van der Waals surface area contributed by atoms with E-state index in [0.717, 1.165) is 54.9 Å². The molecule has 0 heterocycles. The van der Waals surface area contributed by atoms with Gasteiger partial charge in [-0.15, -0.1) is 0 Å². The van der Waals surface area contributed by atoms with Crippen molar-refractivity contribution in [2.45, 2.75) is 104 Å². The van der Waals surface area contributed by atoms with E-state index in [1.54, 1.807) is 0 Å². The molecule has 6 heteroatoms. The lowest BCUT2D eigenvalue weighted by atomic mass is 9.86. The minimum atomic E-state index is -0.499. The van der Waals surface area contributed by atoms with Crippen molar-refractivity contribution < 1.29 is 19.0 Å². The molecule has 4 rings (SSSR count). The minimum Gasteiger partial charge on any atom is -0.494 e. The van der Waals surface area contributed by atoms with Crippen LogP contribution >= 0.6 is 0 Å². The van der Waals surface area contributed by atoms with Crippen LogP contribution in [0.25, 0.3) is 6.08 Å². The number of hydrogen-bond donors (Lipinski definition) is 1. The van der Waals surface area contributed by atoms with Crippen LogP contribution in [0.5, 0.6) is 11.5 Å². The van der Waals surface area contributed by atoms with Crippen molar-refractivity contribution in [2.24, 2.45) is 0 Å². The number of nitrogens with one attached hydrogen (secondary N) is 1. The molecule has 278 valence electrons. The molecule has 0 aliphatic rings. The first-order valence-corrected chi connectivity index (χ1v) is 18.9. The first-order valence-electron chi connectivity index (χ1n) is 18.9. The summed E-state index contributed by atoms with van der Waals surface area (Å²) >= 11 is 0. The molecule has 0 radical (unpaired) electrons. The van der Waals surface area contributed by atoms with Crippen LogP contribution in [0.1, 0.15) is 101 Å². The van der Waals surface area contributed by atoms with Gasteiger partial charge in [0.15, 0.2) is 0 Å². The van der Waals surface area contributed by atoms with E-state index in [1.165, 1.54) is 16.7 Å². The maximum Gasteiger partial charge on any atom is 0.407 e. The molecule has 0 bridgehead atoms. The molecular weight excluding hydrogens is 645 g/mol. The normalized spacial score (nSPS) is 12.4. The van der Waals surface area contributed by atoms with E-state index in [1.807, 2.05) is 51.1 Å². The van der Waals surface area contributed by atoms with Crippen molar-refractivity contribution in [3.8, 4) is 11.5 Å².